The van der Waals surface area contributed by atoms with E-state index in [-0.39, 0.29) is 17.9 Å². The van der Waals surface area contributed by atoms with Gasteiger partial charge in [-0.1, -0.05) is 67.6 Å². The molecule has 7 heteroatoms. The van der Waals surface area contributed by atoms with Crippen LogP contribution in [0.25, 0.3) is 5.76 Å². The first-order valence-corrected chi connectivity index (χ1v) is 13.2. The van der Waals surface area contributed by atoms with Gasteiger partial charge in [0.05, 0.1) is 18.2 Å². The second-order valence-corrected chi connectivity index (χ2v) is 9.51. The molecule has 1 aromatic heterocycles. The molecule has 0 radical (unpaired) electrons. The van der Waals surface area contributed by atoms with Gasteiger partial charge in [-0.05, 0) is 53.4 Å². The zero-order valence-corrected chi connectivity index (χ0v) is 22.2. The maximum absolute atomic E-state index is 13.4. The van der Waals surface area contributed by atoms with Crippen molar-refractivity contribution in [1.82, 2.24) is 9.88 Å². The standard InChI is InChI=1S/C33H30N2O5/c1-2-18-39-28-12-6-11-26(19-28)31(36)29-30(35(33(38)32(29)37)21-24-10-7-17-34-20-24)25-13-15-27(16-14-25)40-22-23-8-4-3-5-9-23/h3-17,19-20,30,36H,2,18,21-22H2,1H3/b31-29+. The fourth-order valence-corrected chi connectivity index (χ4v) is 4.67. The first-order valence-electron chi connectivity index (χ1n) is 13.2. The van der Waals surface area contributed by atoms with Crippen LogP contribution in [0.15, 0.2) is 109 Å². The molecule has 5 rings (SSSR count). The lowest BCUT2D eigenvalue weighted by molar-refractivity contribution is -0.140. The maximum Gasteiger partial charge on any atom is 0.295 e. The number of aliphatic hydroxyl groups excluding tert-OH is 1. The van der Waals surface area contributed by atoms with Crippen LogP contribution in [0.2, 0.25) is 0 Å². The highest BCUT2D eigenvalue weighted by atomic mass is 16.5. The van der Waals surface area contributed by atoms with Crippen LogP contribution in [0, 0.1) is 0 Å². The molecule has 40 heavy (non-hydrogen) atoms. The Balaban J connectivity index is 1.51. The summed E-state index contributed by atoms with van der Waals surface area (Å²) in [7, 11) is 0. The first-order chi connectivity index (χ1) is 19.5. The Labute approximate surface area is 233 Å². The molecule has 1 N–H and O–H groups in total. The molecule has 4 aromatic rings. The zero-order chi connectivity index (χ0) is 27.9. The molecule has 0 saturated carbocycles. The number of aromatic nitrogens is 1. The lowest BCUT2D eigenvalue weighted by Crippen LogP contribution is -2.29. The number of Topliss-reactive ketones (excluding diaryl/α,β-unsaturated/α-hetero) is 1. The molecule has 0 aliphatic carbocycles. The normalized spacial score (nSPS) is 16.2. The van der Waals surface area contributed by atoms with E-state index in [0.29, 0.717) is 35.8 Å². The SMILES string of the molecule is CCCOc1cccc(/C(O)=C2\C(=O)C(=O)N(Cc3cccnc3)C2c2ccc(OCc3ccccc3)cc2)c1. The summed E-state index contributed by atoms with van der Waals surface area (Å²) in [6.07, 6.45) is 4.14. The molecule has 0 bridgehead atoms. The molecule has 0 spiro atoms. The van der Waals surface area contributed by atoms with E-state index in [4.69, 9.17) is 9.47 Å². The van der Waals surface area contributed by atoms with Crippen molar-refractivity contribution >= 4 is 17.4 Å². The molecule has 3 aromatic carbocycles. The quantitative estimate of drug-likeness (QED) is 0.151. The van der Waals surface area contributed by atoms with E-state index in [1.54, 1.807) is 42.7 Å². The fourth-order valence-electron chi connectivity index (χ4n) is 4.67. The summed E-state index contributed by atoms with van der Waals surface area (Å²) >= 11 is 0. The average Bonchev–Trinajstić information content (AvgIpc) is 3.25. The monoisotopic (exact) mass is 534 g/mol. The Morgan fingerprint density at radius 1 is 0.875 bits per heavy atom. The third kappa shape index (κ3) is 5.89. The predicted octanol–water partition coefficient (Wildman–Crippen LogP) is 6.07. The minimum Gasteiger partial charge on any atom is -0.507 e. The highest BCUT2D eigenvalue weighted by molar-refractivity contribution is 6.46. The smallest absolute Gasteiger partial charge is 0.295 e. The minimum absolute atomic E-state index is 0.0273. The summed E-state index contributed by atoms with van der Waals surface area (Å²) in [5, 5.41) is 11.4. The van der Waals surface area contributed by atoms with Crippen molar-refractivity contribution in [1.29, 1.82) is 0 Å². The number of likely N-dealkylation sites (tertiary alicyclic amines) is 1. The largest absolute Gasteiger partial charge is 0.507 e. The van der Waals surface area contributed by atoms with Crippen molar-refractivity contribution in [3.05, 3.63) is 131 Å². The molecule has 2 heterocycles. The Morgan fingerprint density at radius 3 is 2.38 bits per heavy atom. The summed E-state index contributed by atoms with van der Waals surface area (Å²) in [6, 6.07) is 26.8. The van der Waals surface area contributed by atoms with Crippen LogP contribution in [0.1, 0.15) is 41.6 Å². The summed E-state index contributed by atoms with van der Waals surface area (Å²) < 4.78 is 11.7. The van der Waals surface area contributed by atoms with Crippen LogP contribution in [-0.4, -0.2) is 33.3 Å². The van der Waals surface area contributed by atoms with E-state index in [0.717, 1.165) is 17.5 Å². The first kappa shape index (κ1) is 26.7. The second kappa shape index (κ2) is 12.3. The van der Waals surface area contributed by atoms with Gasteiger partial charge in [-0.3, -0.25) is 14.6 Å². The van der Waals surface area contributed by atoms with Crippen molar-refractivity contribution in [2.24, 2.45) is 0 Å². The number of rotatable bonds is 10. The number of ether oxygens (including phenoxy) is 2. The van der Waals surface area contributed by atoms with E-state index in [1.807, 2.05) is 67.6 Å². The number of amides is 1. The van der Waals surface area contributed by atoms with Crippen LogP contribution in [0.5, 0.6) is 11.5 Å². The number of benzene rings is 3. The Morgan fingerprint density at radius 2 is 1.65 bits per heavy atom. The van der Waals surface area contributed by atoms with Gasteiger partial charge < -0.3 is 19.5 Å². The molecule has 1 aliphatic rings. The van der Waals surface area contributed by atoms with Crippen LogP contribution >= 0.6 is 0 Å². The number of ketones is 1. The molecule has 7 nitrogen and oxygen atoms in total. The van der Waals surface area contributed by atoms with Gasteiger partial charge in [0, 0.05) is 24.5 Å². The number of nitrogens with zero attached hydrogens (tertiary/aromatic N) is 2. The van der Waals surface area contributed by atoms with Crippen LogP contribution in [-0.2, 0) is 22.7 Å². The van der Waals surface area contributed by atoms with Gasteiger partial charge in [-0.2, -0.15) is 0 Å². The van der Waals surface area contributed by atoms with E-state index in [1.165, 1.54) is 4.90 Å². The highest BCUT2D eigenvalue weighted by Crippen LogP contribution is 2.41. The number of aliphatic hydroxyl groups is 1. The predicted molar refractivity (Wildman–Crippen MR) is 152 cm³/mol. The van der Waals surface area contributed by atoms with E-state index < -0.39 is 17.7 Å². The molecular formula is C33H30N2O5. The minimum atomic E-state index is -0.802. The molecule has 202 valence electrons. The molecule has 1 atom stereocenters. The van der Waals surface area contributed by atoms with Crippen molar-refractivity contribution < 1.29 is 24.2 Å². The Hall–Kier alpha value is -4.91. The Kier molecular flexibility index (Phi) is 8.21. The summed E-state index contributed by atoms with van der Waals surface area (Å²) in [6.45, 7) is 3.10. The van der Waals surface area contributed by atoms with Crippen molar-refractivity contribution in [3.8, 4) is 11.5 Å². The lowest BCUT2D eigenvalue weighted by Gasteiger charge is -2.25. The number of carbonyl (C=O) groups excluding carboxylic acids is 2. The van der Waals surface area contributed by atoms with Gasteiger partial charge in [0.15, 0.2) is 0 Å². The summed E-state index contributed by atoms with van der Waals surface area (Å²) in [5.74, 6) is -0.443. The molecule has 1 saturated heterocycles. The van der Waals surface area contributed by atoms with Crippen LogP contribution < -0.4 is 9.47 Å². The fraction of sp³-hybridized carbons (Fsp3) is 0.182. The molecule has 1 fully saturated rings. The topological polar surface area (TPSA) is 89.0 Å². The Bertz CT molecular complexity index is 1500. The number of pyridine rings is 1. The van der Waals surface area contributed by atoms with Gasteiger partial charge >= 0.3 is 0 Å². The van der Waals surface area contributed by atoms with Crippen LogP contribution in [0.4, 0.5) is 0 Å². The van der Waals surface area contributed by atoms with Gasteiger partial charge in [0.25, 0.3) is 11.7 Å². The molecule has 1 aliphatic heterocycles. The van der Waals surface area contributed by atoms with Gasteiger partial charge in [-0.25, -0.2) is 0 Å². The second-order valence-electron chi connectivity index (χ2n) is 9.51. The number of hydrogen-bond acceptors (Lipinski definition) is 6. The number of hydrogen-bond donors (Lipinski definition) is 1. The van der Waals surface area contributed by atoms with E-state index >= 15 is 0 Å². The van der Waals surface area contributed by atoms with E-state index in [2.05, 4.69) is 4.98 Å². The maximum atomic E-state index is 13.4. The van der Waals surface area contributed by atoms with E-state index in [9.17, 15) is 14.7 Å². The highest BCUT2D eigenvalue weighted by Gasteiger charge is 2.46. The number of carbonyl (C=O) groups is 2. The lowest BCUT2D eigenvalue weighted by atomic mass is 9.95. The third-order valence-corrected chi connectivity index (χ3v) is 6.64. The van der Waals surface area contributed by atoms with Crippen molar-refractivity contribution in [2.45, 2.75) is 32.5 Å². The molecular weight excluding hydrogens is 504 g/mol. The van der Waals surface area contributed by atoms with Crippen LogP contribution in [0.3, 0.4) is 0 Å². The zero-order valence-electron chi connectivity index (χ0n) is 22.2. The third-order valence-electron chi connectivity index (χ3n) is 6.64. The summed E-state index contributed by atoms with van der Waals surface area (Å²) in [5.41, 5.74) is 2.92. The van der Waals surface area contributed by atoms with Gasteiger partial charge in [-0.15, -0.1) is 0 Å². The van der Waals surface area contributed by atoms with Crippen molar-refractivity contribution in [3.63, 3.8) is 0 Å². The van der Waals surface area contributed by atoms with Crippen molar-refractivity contribution in [2.75, 3.05) is 6.61 Å². The van der Waals surface area contributed by atoms with Gasteiger partial charge in [0.1, 0.15) is 23.9 Å². The molecule has 1 amide bonds. The van der Waals surface area contributed by atoms with Gasteiger partial charge in [0.2, 0.25) is 0 Å². The summed E-state index contributed by atoms with van der Waals surface area (Å²) in [4.78, 5) is 32.4. The molecule has 1 unspecified atom stereocenters. The average molecular weight is 535 g/mol.